The van der Waals surface area contributed by atoms with Gasteiger partial charge in [-0.05, 0) is 12.1 Å². The fourth-order valence-electron chi connectivity index (χ4n) is 0.508. The number of hydrogen-bond donors (Lipinski definition) is 0. The van der Waals surface area contributed by atoms with Gasteiger partial charge in [-0.15, -0.1) is 0 Å². The molecule has 0 aliphatic rings. The average Bonchev–Trinajstić information content (AvgIpc) is 1.90. The molecule has 0 aliphatic carbocycles. The van der Waals surface area contributed by atoms with E-state index in [0.717, 1.165) is 0 Å². The molecular formula is C6H4ClFN2. The van der Waals surface area contributed by atoms with Gasteiger partial charge in [0, 0.05) is 12.1 Å². The third-order valence-corrected chi connectivity index (χ3v) is 0.942. The molecule has 0 heterocycles. The standard InChI is InChI=1S/C6H4FN2.ClH/c7-5-1-3-6(9-8)4-2-5;/h1-4H;1H/q+1;/p-1. The number of hydrogen-bond acceptors (Lipinski definition) is 1. The van der Waals surface area contributed by atoms with E-state index in [9.17, 15) is 4.39 Å². The Kier molecular flexibility index (Phi) is 3.37. The lowest BCUT2D eigenvalue weighted by Crippen LogP contribution is -3.00. The Morgan fingerprint density at radius 1 is 1.20 bits per heavy atom. The third kappa shape index (κ3) is 2.00. The van der Waals surface area contributed by atoms with Gasteiger partial charge in [0.2, 0.25) is 5.39 Å². The zero-order chi connectivity index (χ0) is 6.69. The minimum absolute atomic E-state index is 0. The largest absolute Gasteiger partial charge is 1.00 e. The highest BCUT2D eigenvalue weighted by molar-refractivity contribution is 5.42. The van der Waals surface area contributed by atoms with Crippen LogP contribution < -0.4 is 12.4 Å². The first-order chi connectivity index (χ1) is 4.33. The second kappa shape index (κ2) is 3.80. The monoisotopic (exact) mass is 158 g/mol. The summed E-state index contributed by atoms with van der Waals surface area (Å²) in [5.74, 6) is -0.331. The summed E-state index contributed by atoms with van der Waals surface area (Å²) < 4.78 is 12.1. The highest BCUT2D eigenvalue weighted by Gasteiger charge is 2.00. The highest BCUT2D eigenvalue weighted by atomic mass is 35.5. The Balaban J connectivity index is 0.000000810. The number of halogens is 2. The molecule has 1 aromatic carbocycles. The third-order valence-electron chi connectivity index (χ3n) is 0.942. The van der Waals surface area contributed by atoms with Crippen molar-refractivity contribution in [1.29, 1.82) is 5.39 Å². The lowest BCUT2D eigenvalue weighted by Gasteiger charge is -1.77. The summed E-state index contributed by atoms with van der Waals surface area (Å²) in [6.45, 7) is 0. The van der Waals surface area contributed by atoms with Crippen LogP contribution in [0.3, 0.4) is 0 Å². The summed E-state index contributed by atoms with van der Waals surface area (Å²) >= 11 is 0. The maximum Gasteiger partial charge on any atom is 0.385 e. The Labute approximate surface area is 63.7 Å². The molecule has 0 aliphatic heterocycles. The summed E-state index contributed by atoms with van der Waals surface area (Å²) in [5, 5.41) is 8.13. The molecule has 0 unspecified atom stereocenters. The van der Waals surface area contributed by atoms with Gasteiger partial charge in [-0.1, -0.05) is 0 Å². The van der Waals surface area contributed by atoms with Crippen LogP contribution in [0.15, 0.2) is 24.3 Å². The van der Waals surface area contributed by atoms with Gasteiger partial charge in [-0.3, -0.25) is 0 Å². The minimum Gasteiger partial charge on any atom is -1.00 e. The fraction of sp³-hybridized carbons (Fsp3) is 0. The summed E-state index contributed by atoms with van der Waals surface area (Å²) in [6, 6.07) is 5.23. The van der Waals surface area contributed by atoms with Crippen molar-refractivity contribution < 1.29 is 16.8 Å². The van der Waals surface area contributed by atoms with Crippen molar-refractivity contribution in [1.82, 2.24) is 0 Å². The molecule has 10 heavy (non-hydrogen) atoms. The van der Waals surface area contributed by atoms with Crippen LogP contribution >= 0.6 is 0 Å². The molecule has 0 saturated heterocycles. The van der Waals surface area contributed by atoms with Crippen LogP contribution in [-0.4, -0.2) is 0 Å². The molecule has 0 aromatic heterocycles. The summed E-state index contributed by atoms with van der Waals surface area (Å²) in [4.78, 5) is 2.84. The molecule has 0 N–H and O–H groups in total. The number of rotatable bonds is 0. The molecular weight excluding hydrogens is 155 g/mol. The van der Waals surface area contributed by atoms with Crippen LogP contribution in [0.5, 0.6) is 0 Å². The molecule has 0 bridgehead atoms. The van der Waals surface area contributed by atoms with Gasteiger partial charge < -0.3 is 12.4 Å². The molecule has 0 fully saturated rings. The second-order valence-corrected chi connectivity index (χ2v) is 1.58. The SMILES string of the molecule is N#[N+]c1ccc(F)cc1.[Cl-]. The van der Waals surface area contributed by atoms with E-state index in [-0.39, 0.29) is 18.2 Å². The first kappa shape index (κ1) is 8.86. The van der Waals surface area contributed by atoms with Crippen molar-refractivity contribution in [3.05, 3.63) is 35.1 Å². The predicted molar refractivity (Wildman–Crippen MR) is 31.1 cm³/mol. The zero-order valence-electron chi connectivity index (χ0n) is 4.96. The number of diazo groups is 1. The van der Waals surface area contributed by atoms with Gasteiger partial charge in [0.05, 0.1) is 0 Å². The number of nitrogens with zero attached hydrogens (tertiary/aromatic N) is 2. The Bertz CT molecular complexity index is 239. The van der Waals surface area contributed by atoms with Gasteiger partial charge in [0.25, 0.3) is 0 Å². The van der Waals surface area contributed by atoms with Crippen molar-refractivity contribution >= 4 is 5.69 Å². The molecule has 1 rings (SSSR count). The van der Waals surface area contributed by atoms with Crippen LogP contribution in [0.1, 0.15) is 0 Å². The lowest BCUT2D eigenvalue weighted by molar-refractivity contribution is -0.00000267. The van der Waals surface area contributed by atoms with E-state index in [4.69, 9.17) is 5.39 Å². The Hall–Kier alpha value is -1.14. The normalized spacial score (nSPS) is 7.60. The predicted octanol–water partition coefficient (Wildman–Crippen LogP) is -0.686. The van der Waals surface area contributed by atoms with Gasteiger partial charge in [0.15, 0.2) is 4.98 Å². The van der Waals surface area contributed by atoms with Crippen molar-refractivity contribution in [3.8, 4) is 0 Å². The smallest absolute Gasteiger partial charge is 0.385 e. The fourth-order valence-corrected chi connectivity index (χ4v) is 0.508. The van der Waals surface area contributed by atoms with Crippen LogP contribution in [0.4, 0.5) is 10.1 Å². The lowest BCUT2D eigenvalue weighted by atomic mass is 10.3. The highest BCUT2D eigenvalue weighted by Crippen LogP contribution is 2.10. The molecule has 1 aromatic rings. The maximum absolute atomic E-state index is 12.1. The molecule has 2 nitrogen and oxygen atoms in total. The van der Waals surface area contributed by atoms with Gasteiger partial charge in [-0.25, -0.2) is 4.39 Å². The van der Waals surface area contributed by atoms with Gasteiger partial charge in [0.1, 0.15) is 5.82 Å². The zero-order valence-corrected chi connectivity index (χ0v) is 5.72. The number of benzene rings is 1. The van der Waals surface area contributed by atoms with Gasteiger partial charge in [-0.2, -0.15) is 0 Å². The van der Waals surface area contributed by atoms with Crippen LogP contribution in [0, 0.1) is 11.2 Å². The summed E-state index contributed by atoms with van der Waals surface area (Å²) in [7, 11) is 0. The van der Waals surface area contributed by atoms with Gasteiger partial charge >= 0.3 is 5.69 Å². The Morgan fingerprint density at radius 3 is 2.10 bits per heavy atom. The average molecular weight is 159 g/mol. The first-order valence-corrected chi connectivity index (χ1v) is 2.43. The van der Waals surface area contributed by atoms with E-state index in [1.807, 2.05) is 0 Å². The van der Waals surface area contributed by atoms with Crippen LogP contribution in [0.25, 0.3) is 4.98 Å². The van der Waals surface area contributed by atoms with E-state index in [1.54, 1.807) is 0 Å². The first-order valence-electron chi connectivity index (χ1n) is 2.43. The summed E-state index contributed by atoms with van der Waals surface area (Å²) in [6.07, 6.45) is 0. The van der Waals surface area contributed by atoms with E-state index >= 15 is 0 Å². The van der Waals surface area contributed by atoms with E-state index < -0.39 is 0 Å². The van der Waals surface area contributed by atoms with E-state index in [1.165, 1.54) is 24.3 Å². The topological polar surface area (TPSA) is 28.1 Å². The molecule has 0 radical (unpaired) electrons. The molecule has 0 amide bonds. The maximum atomic E-state index is 12.1. The Morgan fingerprint density at radius 2 is 1.70 bits per heavy atom. The van der Waals surface area contributed by atoms with Crippen LogP contribution in [0.2, 0.25) is 0 Å². The molecule has 4 heteroatoms. The van der Waals surface area contributed by atoms with E-state index in [0.29, 0.717) is 5.69 Å². The van der Waals surface area contributed by atoms with Crippen molar-refractivity contribution in [2.45, 2.75) is 0 Å². The van der Waals surface area contributed by atoms with E-state index in [2.05, 4.69) is 4.98 Å². The minimum atomic E-state index is -0.331. The van der Waals surface area contributed by atoms with Crippen molar-refractivity contribution in [3.63, 3.8) is 0 Å². The molecule has 0 saturated carbocycles. The summed E-state index contributed by atoms with van der Waals surface area (Å²) in [5.41, 5.74) is 0.358. The molecule has 0 atom stereocenters. The quantitative estimate of drug-likeness (QED) is 0.460. The van der Waals surface area contributed by atoms with Crippen molar-refractivity contribution in [2.75, 3.05) is 0 Å². The van der Waals surface area contributed by atoms with Crippen molar-refractivity contribution in [2.24, 2.45) is 0 Å². The second-order valence-electron chi connectivity index (χ2n) is 1.58. The molecule has 0 spiro atoms. The molecule has 52 valence electrons. The van der Waals surface area contributed by atoms with Crippen LogP contribution in [-0.2, 0) is 0 Å².